The normalized spacial score (nSPS) is 10.0. The zero-order valence-electron chi connectivity index (χ0n) is 7.88. The van der Waals surface area contributed by atoms with Gasteiger partial charge in [-0.05, 0) is 40.8 Å². The topological polar surface area (TPSA) is 60.8 Å². The third-order valence-corrected chi connectivity index (χ3v) is 2.66. The molecule has 0 radical (unpaired) electrons. The SMILES string of the molecule is COc1ccc(-c2nncnn2)cc1I. The van der Waals surface area contributed by atoms with Gasteiger partial charge in [0.25, 0.3) is 0 Å². The van der Waals surface area contributed by atoms with Crippen molar-refractivity contribution >= 4 is 22.6 Å². The fourth-order valence-electron chi connectivity index (χ4n) is 1.13. The van der Waals surface area contributed by atoms with Crippen molar-refractivity contribution in [2.45, 2.75) is 0 Å². The van der Waals surface area contributed by atoms with E-state index in [0.29, 0.717) is 5.82 Å². The predicted molar refractivity (Wildman–Crippen MR) is 62.3 cm³/mol. The molecular formula is C9H7IN4O. The minimum Gasteiger partial charge on any atom is -0.496 e. The molecule has 0 saturated carbocycles. The van der Waals surface area contributed by atoms with E-state index in [1.807, 2.05) is 18.2 Å². The van der Waals surface area contributed by atoms with Gasteiger partial charge in [-0.2, -0.15) is 0 Å². The second-order valence-electron chi connectivity index (χ2n) is 2.72. The van der Waals surface area contributed by atoms with Crippen LogP contribution in [-0.2, 0) is 0 Å². The summed E-state index contributed by atoms with van der Waals surface area (Å²) in [6.07, 6.45) is 1.30. The number of hydrogen-bond acceptors (Lipinski definition) is 5. The van der Waals surface area contributed by atoms with Crippen LogP contribution >= 0.6 is 22.6 Å². The van der Waals surface area contributed by atoms with Crippen LogP contribution in [0, 0.1) is 3.57 Å². The minimum absolute atomic E-state index is 0.512. The van der Waals surface area contributed by atoms with Crippen LogP contribution in [0.5, 0.6) is 5.75 Å². The van der Waals surface area contributed by atoms with E-state index in [9.17, 15) is 0 Å². The molecule has 0 aliphatic carbocycles. The van der Waals surface area contributed by atoms with Gasteiger partial charge >= 0.3 is 0 Å². The van der Waals surface area contributed by atoms with Gasteiger partial charge in [0.15, 0.2) is 6.33 Å². The molecule has 76 valence electrons. The number of ether oxygens (including phenoxy) is 1. The van der Waals surface area contributed by atoms with Gasteiger partial charge in [-0.1, -0.05) is 0 Å². The van der Waals surface area contributed by atoms with Gasteiger partial charge in [0, 0.05) is 5.56 Å². The van der Waals surface area contributed by atoms with Crippen molar-refractivity contribution < 1.29 is 4.74 Å². The summed E-state index contributed by atoms with van der Waals surface area (Å²) >= 11 is 2.19. The van der Waals surface area contributed by atoms with Crippen molar-refractivity contribution in [2.75, 3.05) is 7.11 Å². The molecule has 15 heavy (non-hydrogen) atoms. The van der Waals surface area contributed by atoms with Gasteiger partial charge in [-0.3, -0.25) is 0 Å². The first-order valence-corrected chi connectivity index (χ1v) is 5.23. The first kappa shape index (κ1) is 10.2. The van der Waals surface area contributed by atoms with E-state index in [4.69, 9.17) is 4.74 Å². The highest BCUT2D eigenvalue weighted by molar-refractivity contribution is 14.1. The van der Waals surface area contributed by atoms with Gasteiger partial charge in [0.2, 0.25) is 5.82 Å². The molecule has 0 saturated heterocycles. The lowest BCUT2D eigenvalue weighted by Crippen LogP contribution is -1.95. The third kappa shape index (κ3) is 2.20. The van der Waals surface area contributed by atoms with E-state index in [-0.39, 0.29) is 0 Å². The Balaban J connectivity index is 2.43. The van der Waals surface area contributed by atoms with E-state index in [1.165, 1.54) is 6.33 Å². The first-order chi connectivity index (χ1) is 7.31. The molecule has 0 bridgehead atoms. The summed E-state index contributed by atoms with van der Waals surface area (Å²) in [5.74, 6) is 1.34. The number of methoxy groups -OCH3 is 1. The lowest BCUT2D eigenvalue weighted by atomic mass is 10.2. The zero-order valence-corrected chi connectivity index (χ0v) is 10.0. The van der Waals surface area contributed by atoms with E-state index < -0.39 is 0 Å². The van der Waals surface area contributed by atoms with Gasteiger partial charge in [-0.15, -0.1) is 20.4 Å². The van der Waals surface area contributed by atoms with Crippen molar-refractivity contribution in [3.63, 3.8) is 0 Å². The van der Waals surface area contributed by atoms with Gasteiger partial charge in [0.05, 0.1) is 10.7 Å². The van der Waals surface area contributed by atoms with Gasteiger partial charge in [-0.25, -0.2) is 0 Å². The molecule has 0 N–H and O–H groups in total. The average Bonchev–Trinajstić information content (AvgIpc) is 2.30. The molecule has 5 nitrogen and oxygen atoms in total. The smallest absolute Gasteiger partial charge is 0.203 e. The number of rotatable bonds is 2. The Morgan fingerprint density at radius 3 is 2.53 bits per heavy atom. The Labute approximate surface area is 100 Å². The van der Waals surface area contributed by atoms with Crippen LogP contribution in [0.4, 0.5) is 0 Å². The summed E-state index contributed by atoms with van der Waals surface area (Å²) in [6, 6.07) is 5.67. The highest BCUT2D eigenvalue weighted by Gasteiger charge is 2.05. The Kier molecular flexibility index (Phi) is 3.05. The van der Waals surface area contributed by atoms with Crippen molar-refractivity contribution in [3.8, 4) is 17.1 Å². The molecule has 0 aliphatic heterocycles. The van der Waals surface area contributed by atoms with Crippen molar-refractivity contribution in [1.29, 1.82) is 0 Å². The summed E-state index contributed by atoms with van der Waals surface area (Å²) in [4.78, 5) is 0. The van der Waals surface area contributed by atoms with E-state index >= 15 is 0 Å². The maximum Gasteiger partial charge on any atom is 0.203 e. The number of benzene rings is 1. The standard InChI is InChI=1S/C9H7IN4O/c1-15-8-3-2-6(4-7(8)10)9-13-11-5-12-14-9/h2-5H,1H3. The lowest BCUT2D eigenvalue weighted by molar-refractivity contribution is 0.412. The monoisotopic (exact) mass is 314 g/mol. The van der Waals surface area contributed by atoms with Crippen LogP contribution in [-0.4, -0.2) is 27.5 Å². The quantitative estimate of drug-likeness (QED) is 0.787. The van der Waals surface area contributed by atoms with Gasteiger partial charge < -0.3 is 4.74 Å². The summed E-state index contributed by atoms with van der Waals surface area (Å²) in [5, 5.41) is 15.1. The molecule has 0 amide bonds. The second-order valence-corrected chi connectivity index (χ2v) is 3.88. The number of hydrogen-bond donors (Lipinski definition) is 0. The fraction of sp³-hybridized carbons (Fsp3) is 0.111. The zero-order chi connectivity index (χ0) is 10.7. The van der Waals surface area contributed by atoms with Crippen LogP contribution in [0.1, 0.15) is 0 Å². The van der Waals surface area contributed by atoms with Gasteiger partial charge in [0.1, 0.15) is 5.75 Å². The summed E-state index contributed by atoms with van der Waals surface area (Å²) in [7, 11) is 1.64. The lowest BCUT2D eigenvalue weighted by Gasteiger charge is -2.04. The van der Waals surface area contributed by atoms with E-state index in [2.05, 4.69) is 43.0 Å². The molecule has 0 spiro atoms. The third-order valence-electron chi connectivity index (χ3n) is 1.82. The van der Waals surface area contributed by atoms with Crippen molar-refractivity contribution in [1.82, 2.24) is 20.4 Å². The summed E-state index contributed by atoms with van der Waals surface area (Å²) in [6.45, 7) is 0. The van der Waals surface area contributed by atoms with E-state index in [1.54, 1.807) is 7.11 Å². The maximum atomic E-state index is 5.16. The number of halogens is 1. The Hall–Kier alpha value is -1.31. The molecule has 0 unspecified atom stereocenters. The molecule has 0 atom stereocenters. The molecule has 1 aromatic carbocycles. The molecular weight excluding hydrogens is 307 g/mol. The Morgan fingerprint density at radius 2 is 1.93 bits per heavy atom. The minimum atomic E-state index is 0.512. The highest BCUT2D eigenvalue weighted by Crippen LogP contribution is 2.25. The first-order valence-electron chi connectivity index (χ1n) is 4.15. The molecule has 1 aromatic heterocycles. The van der Waals surface area contributed by atoms with Crippen LogP contribution < -0.4 is 4.74 Å². The largest absolute Gasteiger partial charge is 0.496 e. The van der Waals surface area contributed by atoms with Crippen molar-refractivity contribution in [2.24, 2.45) is 0 Å². The van der Waals surface area contributed by atoms with Crippen molar-refractivity contribution in [3.05, 3.63) is 28.1 Å². The predicted octanol–water partition coefficient (Wildman–Crippen LogP) is 1.55. The second kappa shape index (κ2) is 4.47. The Morgan fingerprint density at radius 1 is 1.20 bits per heavy atom. The Bertz CT molecular complexity index is 463. The molecule has 1 heterocycles. The van der Waals surface area contributed by atoms with Crippen LogP contribution in [0.2, 0.25) is 0 Å². The molecule has 2 aromatic rings. The summed E-state index contributed by atoms with van der Waals surface area (Å²) < 4.78 is 6.16. The maximum absolute atomic E-state index is 5.16. The fourth-order valence-corrected chi connectivity index (χ4v) is 1.86. The average molecular weight is 314 g/mol. The number of aromatic nitrogens is 4. The molecule has 0 aliphatic rings. The van der Waals surface area contributed by atoms with Crippen LogP contribution in [0.3, 0.4) is 0 Å². The highest BCUT2D eigenvalue weighted by atomic mass is 127. The summed E-state index contributed by atoms with van der Waals surface area (Å²) in [5.41, 5.74) is 0.876. The van der Waals surface area contributed by atoms with Crippen LogP contribution in [0.15, 0.2) is 24.5 Å². The molecule has 6 heteroatoms. The number of nitrogens with zero attached hydrogens (tertiary/aromatic N) is 4. The van der Waals surface area contributed by atoms with Crippen LogP contribution in [0.25, 0.3) is 11.4 Å². The van der Waals surface area contributed by atoms with E-state index in [0.717, 1.165) is 14.9 Å². The molecule has 0 fully saturated rings. The molecule has 2 rings (SSSR count).